The number of hydrogen-bond acceptors (Lipinski definition) is 5. The standard InChI is InChI=1S/C27H31BrN4O2/c1-31(20-11-4-2-5-12-20)17-10-15-24-22(26(33)34)19-29-27(30-24)32-18-9-3-6-16-25(32)21-13-7-8-14-23(21)28/h2,4-5,7-8,11-14,19,25H,3,6,9-10,15-18H2,1H3,(H,33,34)/t25-/m0/s1. The first-order valence-corrected chi connectivity index (χ1v) is 12.7. The molecule has 0 aliphatic carbocycles. The zero-order valence-corrected chi connectivity index (χ0v) is 21.1. The van der Waals surface area contributed by atoms with Gasteiger partial charge in [-0.3, -0.25) is 0 Å². The number of carboxylic acid groups (broad SMARTS) is 1. The van der Waals surface area contributed by atoms with Crippen molar-refractivity contribution in [3.05, 3.63) is 82.1 Å². The van der Waals surface area contributed by atoms with Crippen molar-refractivity contribution < 1.29 is 9.90 Å². The number of para-hydroxylation sites is 1. The monoisotopic (exact) mass is 522 g/mol. The summed E-state index contributed by atoms with van der Waals surface area (Å²) in [6.45, 7) is 1.67. The quantitative estimate of drug-likeness (QED) is 0.383. The molecule has 0 radical (unpaired) electrons. The molecule has 1 N–H and O–H groups in total. The number of anilines is 2. The van der Waals surface area contributed by atoms with Crippen LogP contribution < -0.4 is 9.80 Å². The first-order chi connectivity index (χ1) is 16.5. The fraction of sp³-hybridized carbons (Fsp3) is 0.370. The molecular weight excluding hydrogens is 492 g/mol. The van der Waals surface area contributed by atoms with Crippen molar-refractivity contribution in [3.63, 3.8) is 0 Å². The van der Waals surface area contributed by atoms with Gasteiger partial charge in [-0.25, -0.2) is 14.8 Å². The van der Waals surface area contributed by atoms with Crippen LogP contribution in [-0.2, 0) is 6.42 Å². The summed E-state index contributed by atoms with van der Waals surface area (Å²) in [7, 11) is 2.05. The van der Waals surface area contributed by atoms with E-state index in [1.54, 1.807) is 0 Å². The van der Waals surface area contributed by atoms with Crippen molar-refractivity contribution in [1.82, 2.24) is 9.97 Å². The molecule has 0 spiro atoms. The molecule has 0 bridgehead atoms. The Labute approximate surface area is 209 Å². The summed E-state index contributed by atoms with van der Waals surface area (Å²) in [5.41, 5.74) is 3.17. The van der Waals surface area contributed by atoms with Gasteiger partial charge in [0.2, 0.25) is 5.95 Å². The number of rotatable bonds is 8. The Hall–Kier alpha value is -2.93. The number of carbonyl (C=O) groups is 1. The van der Waals surface area contributed by atoms with Gasteiger partial charge < -0.3 is 14.9 Å². The number of carboxylic acids is 1. The predicted octanol–water partition coefficient (Wildman–Crippen LogP) is 6.13. The fourth-order valence-electron chi connectivity index (χ4n) is 4.63. The molecule has 6 nitrogen and oxygen atoms in total. The Kier molecular flexibility index (Phi) is 8.16. The number of aromatic nitrogens is 2. The average Bonchev–Trinajstić information content (AvgIpc) is 3.11. The highest BCUT2D eigenvalue weighted by molar-refractivity contribution is 9.10. The van der Waals surface area contributed by atoms with E-state index in [1.165, 1.54) is 18.2 Å². The van der Waals surface area contributed by atoms with Gasteiger partial charge in [-0.15, -0.1) is 0 Å². The molecule has 4 rings (SSSR count). The summed E-state index contributed by atoms with van der Waals surface area (Å²) in [4.78, 5) is 25.7. The Morgan fingerprint density at radius 2 is 1.88 bits per heavy atom. The summed E-state index contributed by atoms with van der Waals surface area (Å²) >= 11 is 3.72. The van der Waals surface area contributed by atoms with Gasteiger partial charge in [-0.2, -0.15) is 0 Å². The summed E-state index contributed by atoms with van der Waals surface area (Å²) in [6, 6.07) is 18.7. The third kappa shape index (κ3) is 5.76. The maximum absolute atomic E-state index is 11.9. The van der Waals surface area contributed by atoms with Gasteiger partial charge in [0.05, 0.1) is 17.3 Å². The molecule has 1 aliphatic rings. The number of benzene rings is 2. The number of aryl methyl sites for hydroxylation is 1. The predicted molar refractivity (Wildman–Crippen MR) is 140 cm³/mol. The van der Waals surface area contributed by atoms with E-state index in [9.17, 15) is 9.90 Å². The van der Waals surface area contributed by atoms with Crippen LogP contribution >= 0.6 is 15.9 Å². The van der Waals surface area contributed by atoms with Gasteiger partial charge in [0, 0.05) is 36.5 Å². The van der Waals surface area contributed by atoms with Crippen LogP contribution in [0.5, 0.6) is 0 Å². The third-order valence-electron chi connectivity index (χ3n) is 6.46. The number of nitrogens with zero attached hydrogens (tertiary/aromatic N) is 4. The number of aromatic carboxylic acids is 1. The van der Waals surface area contributed by atoms with E-state index in [0.29, 0.717) is 18.1 Å². The average molecular weight is 523 g/mol. The minimum absolute atomic E-state index is 0.158. The van der Waals surface area contributed by atoms with Gasteiger partial charge >= 0.3 is 5.97 Å². The molecule has 178 valence electrons. The normalized spacial score (nSPS) is 16.2. The SMILES string of the molecule is CN(CCCc1nc(N2CCCCC[C@H]2c2ccccc2Br)ncc1C(=O)O)c1ccccc1. The largest absolute Gasteiger partial charge is 0.478 e. The van der Waals surface area contributed by atoms with Crippen LogP contribution in [0.1, 0.15) is 59.8 Å². The summed E-state index contributed by atoms with van der Waals surface area (Å²) in [6.07, 6.45) is 7.28. The molecule has 1 aliphatic heterocycles. The minimum atomic E-state index is -0.976. The maximum atomic E-state index is 11.9. The first-order valence-electron chi connectivity index (χ1n) is 11.9. The van der Waals surface area contributed by atoms with E-state index in [-0.39, 0.29) is 11.6 Å². The van der Waals surface area contributed by atoms with Crippen molar-refractivity contribution in [2.75, 3.05) is 29.9 Å². The van der Waals surface area contributed by atoms with Crippen LogP contribution in [0, 0.1) is 0 Å². The van der Waals surface area contributed by atoms with Crippen LogP contribution in [0.25, 0.3) is 0 Å². The van der Waals surface area contributed by atoms with Crippen molar-refractivity contribution in [3.8, 4) is 0 Å². The topological polar surface area (TPSA) is 69.6 Å². The lowest BCUT2D eigenvalue weighted by atomic mass is 10.0. The minimum Gasteiger partial charge on any atom is -0.478 e. The lowest BCUT2D eigenvalue weighted by Gasteiger charge is -2.31. The van der Waals surface area contributed by atoms with Gasteiger partial charge in [0.25, 0.3) is 0 Å². The Balaban J connectivity index is 1.57. The fourth-order valence-corrected chi connectivity index (χ4v) is 5.17. The molecule has 1 atom stereocenters. The highest BCUT2D eigenvalue weighted by atomic mass is 79.9. The van der Waals surface area contributed by atoms with Crippen LogP contribution in [-0.4, -0.2) is 41.2 Å². The first kappa shape index (κ1) is 24.2. The van der Waals surface area contributed by atoms with Crippen molar-refractivity contribution >= 4 is 33.5 Å². The van der Waals surface area contributed by atoms with Crippen LogP contribution in [0.3, 0.4) is 0 Å². The van der Waals surface area contributed by atoms with E-state index >= 15 is 0 Å². The molecule has 1 aromatic heterocycles. The third-order valence-corrected chi connectivity index (χ3v) is 7.19. The molecule has 2 heterocycles. The second-order valence-corrected chi connectivity index (χ2v) is 9.63. The Morgan fingerprint density at radius 3 is 2.65 bits per heavy atom. The molecule has 3 aromatic rings. The number of hydrogen-bond donors (Lipinski definition) is 1. The van der Waals surface area contributed by atoms with Crippen molar-refractivity contribution in [2.24, 2.45) is 0 Å². The lowest BCUT2D eigenvalue weighted by Crippen LogP contribution is -2.31. The summed E-state index contributed by atoms with van der Waals surface area (Å²) in [5, 5.41) is 9.75. The van der Waals surface area contributed by atoms with Crippen molar-refractivity contribution in [1.29, 1.82) is 0 Å². The van der Waals surface area contributed by atoms with Gasteiger partial charge in [0.1, 0.15) is 0 Å². The zero-order valence-electron chi connectivity index (χ0n) is 19.5. The molecule has 2 aromatic carbocycles. The van der Waals surface area contributed by atoms with Crippen molar-refractivity contribution in [2.45, 2.75) is 44.6 Å². The van der Waals surface area contributed by atoms with Gasteiger partial charge in [0.15, 0.2) is 0 Å². The van der Waals surface area contributed by atoms with E-state index in [1.807, 2.05) is 24.3 Å². The molecule has 0 amide bonds. The zero-order chi connectivity index (χ0) is 23.9. The van der Waals surface area contributed by atoms with Crippen LogP contribution in [0.4, 0.5) is 11.6 Å². The highest BCUT2D eigenvalue weighted by Crippen LogP contribution is 2.36. The Bertz CT molecular complexity index is 1110. The summed E-state index contributed by atoms with van der Waals surface area (Å²) in [5.74, 6) is -0.352. The molecule has 0 saturated carbocycles. The van der Waals surface area contributed by atoms with E-state index < -0.39 is 5.97 Å². The van der Waals surface area contributed by atoms with E-state index in [4.69, 9.17) is 4.98 Å². The number of halogens is 1. The molecular formula is C27H31BrN4O2. The van der Waals surface area contributed by atoms with Crippen LogP contribution in [0.2, 0.25) is 0 Å². The second-order valence-electron chi connectivity index (χ2n) is 8.78. The highest BCUT2D eigenvalue weighted by Gasteiger charge is 2.27. The van der Waals surface area contributed by atoms with E-state index in [0.717, 1.165) is 48.9 Å². The molecule has 34 heavy (non-hydrogen) atoms. The van der Waals surface area contributed by atoms with Crippen LogP contribution in [0.15, 0.2) is 65.3 Å². The lowest BCUT2D eigenvalue weighted by molar-refractivity contribution is 0.0694. The second kappa shape index (κ2) is 11.5. The van der Waals surface area contributed by atoms with Gasteiger partial charge in [-0.1, -0.05) is 65.2 Å². The maximum Gasteiger partial charge on any atom is 0.339 e. The molecule has 7 heteroatoms. The van der Waals surface area contributed by atoms with Gasteiger partial charge in [-0.05, 0) is 49.4 Å². The smallest absolute Gasteiger partial charge is 0.339 e. The van der Waals surface area contributed by atoms with E-state index in [2.05, 4.69) is 68.1 Å². The Morgan fingerprint density at radius 1 is 1.12 bits per heavy atom. The molecule has 1 fully saturated rings. The molecule has 1 saturated heterocycles. The summed E-state index contributed by atoms with van der Waals surface area (Å²) < 4.78 is 1.08. The molecule has 0 unspecified atom stereocenters.